The maximum Gasteiger partial charge on any atom is 0.416 e. The number of aromatic nitrogens is 2. The Morgan fingerprint density at radius 2 is 0.919 bits per heavy atom. The second-order valence-corrected chi connectivity index (χ2v) is 12.7. The highest BCUT2D eigenvalue weighted by atomic mass is 35.5. The zero-order valence-corrected chi connectivity index (χ0v) is 23.7. The monoisotopic (exact) mass is 652 g/mol. The predicted molar refractivity (Wildman–Crippen MR) is 139 cm³/mol. The number of halogens is 10. The Labute approximate surface area is 238 Å². The largest absolute Gasteiger partial charge is 0.416 e. The van der Waals surface area contributed by atoms with Crippen LogP contribution in [0.4, 0.5) is 26.3 Å². The van der Waals surface area contributed by atoms with E-state index >= 15 is 0 Å². The summed E-state index contributed by atoms with van der Waals surface area (Å²) in [6.07, 6.45) is -9.21. The van der Waals surface area contributed by atoms with Gasteiger partial charge in [-0.2, -0.15) is 26.3 Å². The van der Waals surface area contributed by atoms with Crippen molar-refractivity contribution in [2.24, 2.45) is 0 Å². The van der Waals surface area contributed by atoms with Crippen molar-refractivity contribution in [2.75, 3.05) is 0 Å². The number of nitrogens with zero attached hydrogens (tertiary/aromatic N) is 2. The maximum absolute atomic E-state index is 13.1. The van der Waals surface area contributed by atoms with Crippen molar-refractivity contribution >= 4 is 80.8 Å². The van der Waals surface area contributed by atoms with Gasteiger partial charge in [-0.3, -0.25) is 0 Å². The van der Waals surface area contributed by atoms with Gasteiger partial charge in [0.2, 0.25) is 0 Å². The van der Waals surface area contributed by atoms with E-state index in [0.29, 0.717) is 29.8 Å². The molecule has 4 aromatic rings. The molecule has 0 N–H and O–H groups in total. The summed E-state index contributed by atoms with van der Waals surface area (Å²) < 4.78 is 79.8. The number of thiazole rings is 2. The lowest BCUT2D eigenvalue weighted by molar-refractivity contribution is -0.138. The van der Waals surface area contributed by atoms with Crippen LogP contribution in [0.3, 0.4) is 0 Å². The molecule has 0 unspecified atom stereocenters. The molecular formula is C22H10Cl4F6N2S3. The molecule has 196 valence electrons. The van der Waals surface area contributed by atoms with E-state index < -0.39 is 23.5 Å². The summed E-state index contributed by atoms with van der Waals surface area (Å²) in [6.45, 7) is 3.43. The van der Waals surface area contributed by atoms with Gasteiger partial charge in [0.25, 0.3) is 0 Å². The van der Waals surface area contributed by atoms with Crippen molar-refractivity contribution in [1.82, 2.24) is 9.97 Å². The van der Waals surface area contributed by atoms with Gasteiger partial charge in [-0.25, -0.2) is 9.97 Å². The Kier molecular flexibility index (Phi) is 8.10. The van der Waals surface area contributed by atoms with Crippen molar-refractivity contribution in [3.8, 4) is 21.1 Å². The van der Waals surface area contributed by atoms with Crippen LogP contribution in [-0.2, 0) is 12.4 Å². The normalized spacial score (nSPS) is 12.4. The topological polar surface area (TPSA) is 25.8 Å². The minimum atomic E-state index is -4.61. The molecule has 0 spiro atoms. The van der Waals surface area contributed by atoms with Gasteiger partial charge in [0.1, 0.15) is 10.0 Å². The van der Waals surface area contributed by atoms with Gasteiger partial charge in [0, 0.05) is 11.1 Å². The van der Waals surface area contributed by atoms with Gasteiger partial charge < -0.3 is 0 Å². The molecule has 0 bridgehead atoms. The van der Waals surface area contributed by atoms with E-state index in [9.17, 15) is 26.3 Å². The molecule has 0 atom stereocenters. The standard InChI is InChI=1S/C22H10Cl4F6N2S3/c1-7-19(35-17(33-7)15-11(23)3-9(4-12(15)24)21(27,28)29)37-20-8(2)34-18(36-20)16-13(25)5-10(6-14(16)26)22(30,31)32/h3-6H,1-2H3. The summed E-state index contributed by atoms with van der Waals surface area (Å²) in [7, 11) is 0. The maximum atomic E-state index is 13.1. The molecular weight excluding hydrogens is 644 g/mol. The molecule has 15 heteroatoms. The van der Waals surface area contributed by atoms with Crippen LogP contribution in [0.2, 0.25) is 20.1 Å². The van der Waals surface area contributed by atoms with E-state index in [1.54, 1.807) is 13.8 Å². The van der Waals surface area contributed by atoms with Gasteiger partial charge in [0.05, 0.1) is 51.0 Å². The molecule has 0 saturated heterocycles. The van der Waals surface area contributed by atoms with Crippen LogP contribution < -0.4 is 0 Å². The number of hydrogen-bond acceptors (Lipinski definition) is 5. The summed E-state index contributed by atoms with van der Waals surface area (Å²) in [5, 5.41) is -0.0817. The smallest absolute Gasteiger partial charge is 0.240 e. The second kappa shape index (κ2) is 10.4. The van der Waals surface area contributed by atoms with Gasteiger partial charge >= 0.3 is 12.4 Å². The Morgan fingerprint density at radius 1 is 0.622 bits per heavy atom. The average Bonchev–Trinajstić information content (AvgIpc) is 3.28. The van der Waals surface area contributed by atoms with Crippen molar-refractivity contribution in [3.05, 3.63) is 66.9 Å². The molecule has 0 saturated carbocycles. The minimum absolute atomic E-state index is 0.182. The summed E-state index contributed by atoms with van der Waals surface area (Å²) in [6, 6.07) is 3.18. The summed E-state index contributed by atoms with van der Waals surface area (Å²) in [5.74, 6) is 0. The molecule has 0 amide bonds. The first kappa shape index (κ1) is 28.8. The molecule has 2 heterocycles. The lowest BCUT2D eigenvalue weighted by Gasteiger charge is -2.10. The SMILES string of the molecule is Cc1nc(-c2c(Cl)cc(C(F)(F)F)cc2Cl)sc1Sc1sc(-c2c(Cl)cc(C(F)(F)F)cc2Cl)nc1C. The fourth-order valence-corrected chi connectivity index (χ4v) is 8.46. The summed E-state index contributed by atoms with van der Waals surface area (Å²) in [4.78, 5) is 8.86. The van der Waals surface area contributed by atoms with E-state index in [1.165, 1.54) is 34.4 Å². The molecule has 0 fully saturated rings. The number of aryl methyl sites for hydroxylation is 2. The van der Waals surface area contributed by atoms with Crippen LogP contribution in [0, 0.1) is 13.8 Å². The van der Waals surface area contributed by atoms with Gasteiger partial charge in [-0.15, -0.1) is 22.7 Å². The van der Waals surface area contributed by atoms with E-state index in [1.807, 2.05) is 0 Å². The highest BCUT2D eigenvalue weighted by Gasteiger charge is 2.34. The first-order chi connectivity index (χ1) is 17.1. The number of hydrogen-bond donors (Lipinski definition) is 0. The van der Waals surface area contributed by atoms with Crippen LogP contribution in [-0.4, -0.2) is 9.97 Å². The van der Waals surface area contributed by atoms with Crippen LogP contribution in [0.15, 0.2) is 32.7 Å². The Bertz CT molecular complexity index is 1350. The second-order valence-electron chi connectivity index (χ2n) is 7.51. The molecule has 0 radical (unpaired) electrons. The lowest BCUT2D eigenvalue weighted by atomic mass is 10.1. The molecule has 0 aliphatic carbocycles. The Morgan fingerprint density at radius 3 is 1.19 bits per heavy atom. The first-order valence-corrected chi connectivity index (χ1v) is 13.8. The Hall–Kier alpha value is -1.21. The van der Waals surface area contributed by atoms with Crippen LogP contribution in [0.25, 0.3) is 21.1 Å². The van der Waals surface area contributed by atoms with Crippen molar-refractivity contribution in [1.29, 1.82) is 0 Å². The van der Waals surface area contributed by atoms with Crippen LogP contribution in [0.1, 0.15) is 22.5 Å². The van der Waals surface area contributed by atoms with Crippen molar-refractivity contribution in [2.45, 2.75) is 34.6 Å². The third-order valence-corrected chi connectivity index (χ3v) is 9.95. The summed E-state index contributed by atoms with van der Waals surface area (Å²) in [5.41, 5.74) is -0.415. The van der Waals surface area contributed by atoms with E-state index in [-0.39, 0.29) is 31.2 Å². The molecule has 4 rings (SSSR count). The van der Waals surface area contributed by atoms with Gasteiger partial charge in [-0.1, -0.05) is 58.2 Å². The molecule has 0 aliphatic rings. The minimum Gasteiger partial charge on any atom is -0.240 e. The fraction of sp³-hybridized carbons (Fsp3) is 0.182. The molecule has 2 aromatic carbocycles. The van der Waals surface area contributed by atoms with E-state index in [4.69, 9.17) is 46.4 Å². The molecule has 37 heavy (non-hydrogen) atoms. The third-order valence-electron chi connectivity index (χ3n) is 4.86. The molecule has 2 aromatic heterocycles. The quantitative estimate of drug-likeness (QED) is 0.205. The van der Waals surface area contributed by atoms with Crippen LogP contribution in [0.5, 0.6) is 0 Å². The number of benzene rings is 2. The summed E-state index contributed by atoms with van der Waals surface area (Å²) >= 11 is 28.2. The van der Waals surface area contributed by atoms with Crippen molar-refractivity contribution in [3.63, 3.8) is 0 Å². The first-order valence-electron chi connectivity index (χ1n) is 9.82. The highest BCUT2D eigenvalue weighted by molar-refractivity contribution is 8.03. The average molecular weight is 654 g/mol. The predicted octanol–water partition coefficient (Wildman–Crippen LogP) is 11.4. The van der Waals surface area contributed by atoms with Gasteiger partial charge in [0.15, 0.2) is 0 Å². The number of rotatable bonds is 4. The fourth-order valence-electron chi connectivity index (χ4n) is 3.13. The number of alkyl halides is 6. The van der Waals surface area contributed by atoms with Crippen molar-refractivity contribution < 1.29 is 26.3 Å². The van der Waals surface area contributed by atoms with Crippen LogP contribution >= 0.6 is 80.8 Å². The highest BCUT2D eigenvalue weighted by Crippen LogP contribution is 2.48. The van der Waals surface area contributed by atoms with E-state index in [2.05, 4.69) is 9.97 Å². The van der Waals surface area contributed by atoms with Gasteiger partial charge in [-0.05, 0) is 38.1 Å². The zero-order chi connectivity index (χ0) is 27.4. The lowest BCUT2D eigenvalue weighted by Crippen LogP contribution is -2.05. The molecule has 2 nitrogen and oxygen atoms in total. The van der Waals surface area contributed by atoms with E-state index in [0.717, 1.165) is 24.3 Å². The molecule has 0 aliphatic heterocycles. The third kappa shape index (κ3) is 6.03. The Balaban J connectivity index is 1.67. The zero-order valence-electron chi connectivity index (χ0n) is 18.2.